The molecule has 0 aliphatic heterocycles. The van der Waals surface area contributed by atoms with E-state index in [2.05, 4.69) is 20.9 Å². The van der Waals surface area contributed by atoms with Gasteiger partial charge in [-0.25, -0.2) is 4.99 Å². The van der Waals surface area contributed by atoms with Crippen LogP contribution in [0, 0.1) is 0 Å². The minimum atomic E-state index is -0.323. The Labute approximate surface area is 177 Å². The lowest BCUT2D eigenvalue weighted by atomic mass is 10.2. The van der Waals surface area contributed by atoms with E-state index in [4.69, 9.17) is 9.47 Å². The van der Waals surface area contributed by atoms with Gasteiger partial charge in [-0.2, -0.15) is 0 Å². The van der Waals surface area contributed by atoms with Crippen LogP contribution in [0.3, 0.4) is 0 Å². The van der Waals surface area contributed by atoms with Crippen LogP contribution >= 0.6 is 0 Å². The van der Waals surface area contributed by atoms with Gasteiger partial charge in [0.2, 0.25) is 0 Å². The average molecular weight is 415 g/mol. The van der Waals surface area contributed by atoms with E-state index in [-0.39, 0.29) is 23.3 Å². The second-order valence-electron chi connectivity index (χ2n) is 6.50. The van der Waals surface area contributed by atoms with Crippen molar-refractivity contribution in [3.8, 4) is 17.2 Å². The first-order chi connectivity index (χ1) is 14.5. The highest BCUT2D eigenvalue weighted by molar-refractivity contribution is 5.96. The molecule has 30 heavy (non-hydrogen) atoms. The molecule has 0 aliphatic rings. The normalized spacial score (nSPS) is 12.0. The summed E-state index contributed by atoms with van der Waals surface area (Å²) >= 11 is 0. The quantitative estimate of drug-likeness (QED) is 0.270. The first-order valence-corrected chi connectivity index (χ1v) is 9.93. The predicted molar refractivity (Wildman–Crippen MR) is 118 cm³/mol. The van der Waals surface area contributed by atoms with Crippen molar-refractivity contribution in [1.29, 1.82) is 0 Å². The molecule has 0 bridgehead atoms. The number of amides is 1. The van der Waals surface area contributed by atoms with Crippen molar-refractivity contribution < 1.29 is 19.4 Å². The van der Waals surface area contributed by atoms with Gasteiger partial charge < -0.3 is 30.5 Å². The van der Waals surface area contributed by atoms with E-state index in [9.17, 15) is 9.90 Å². The van der Waals surface area contributed by atoms with Crippen LogP contribution in [0.4, 0.5) is 0 Å². The standard InChI is InChI=1S/C22H30N4O4/c1-4-23-22(25-14-13-24-21(28)17-9-5-6-10-18(17)27)26-15-16(2)30-20-12-8-7-11-19(20)29-3/h5-12,16,27H,4,13-15H2,1-3H3,(H,24,28)(H2,23,25,26). The third kappa shape index (κ3) is 7.20. The second-order valence-corrected chi connectivity index (χ2v) is 6.50. The number of methoxy groups -OCH3 is 1. The van der Waals surface area contributed by atoms with Crippen LogP contribution < -0.4 is 25.4 Å². The number of nitrogens with zero attached hydrogens (tertiary/aromatic N) is 1. The second kappa shape index (κ2) is 12.2. The summed E-state index contributed by atoms with van der Waals surface area (Å²) in [5, 5.41) is 18.8. The van der Waals surface area contributed by atoms with Crippen LogP contribution in [-0.2, 0) is 0 Å². The SMILES string of the molecule is CCNC(=NCC(C)Oc1ccccc1OC)NCCNC(=O)c1ccccc1O. The summed E-state index contributed by atoms with van der Waals surface area (Å²) in [6.07, 6.45) is -0.155. The Kier molecular flexibility index (Phi) is 9.30. The number of nitrogens with one attached hydrogen (secondary N) is 3. The molecule has 0 aliphatic carbocycles. The van der Waals surface area contributed by atoms with Gasteiger partial charge in [0.25, 0.3) is 5.91 Å². The number of carbonyl (C=O) groups is 1. The lowest BCUT2D eigenvalue weighted by Gasteiger charge is -2.17. The number of carbonyl (C=O) groups excluding carboxylic acids is 1. The molecule has 2 aromatic rings. The van der Waals surface area contributed by atoms with E-state index in [1.807, 2.05) is 38.1 Å². The number of phenols is 1. The molecule has 1 unspecified atom stereocenters. The maximum Gasteiger partial charge on any atom is 0.255 e. The summed E-state index contributed by atoms with van der Waals surface area (Å²) in [6, 6.07) is 13.9. The first kappa shape index (κ1) is 22.9. The Balaban J connectivity index is 1.81. The lowest BCUT2D eigenvalue weighted by Crippen LogP contribution is -2.42. The molecular formula is C22H30N4O4. The van der Waals surface area contributed by atoms with E-state index in [1.54, 1.807) is 25.3 Å². The van der Waals surface area contributed by atoms with E-state index in [0.717, 1.165) is 0 Å². The van der Waals surface area contributed by atoms with Crippen LogP contribution in [-0.4, -0.2) is 56.4 Å². The Morgan fingerprint density at radius 1 is 1.03 bits per heavy atom. The zero-order valence-electron chi connectivity index (χ0n) is 17.6. The molecule has 0 fully saturated rings. The zero-order valence-corrected chi connectivity index (χ0v) is 17.6. The van der Waals surface area contributed by atoms with E-state index < -0.39 is 0 Å². The molecule has 1 amide bonds. The molecule has 0 radical (unpaired) electrons. The number of phenolic OH excluding ortho intramolecular Hbond substituents is 1. The van der Waals surface area contributed by atoms with Crippen molar-refractivity contribution in [1.82, 2.24) is 16.0 Å². The first-order valence-electron chi connectivity index (χ1n) is 9.93. The molecule has 0 heterocycles. The minimum absolute atomic E-state index is 0.0399. The molecule has 4 N–H and O–H groups in total. The van der Waals surface area contributed by atoms with E-state index >= 15 is 0 Å². The van der Waals surface area contributed by atoms with Gasteiger partial charge in [-0.05, 0) is 38.1 Å². The fraction of sp³-hybridized carbons (Fsp3) is 0.364. The molecule has 8 heteroatoms. The van der Waals surface area contributed by atoms with Crippen LogP contribution in [0.1, 0.15) is 24.2 Å². The fourth-order valence-corrected chi connectivity index (χ4v) is 2.65. The van der Waals surface area contributed by atoms with Crippen molar-refractivity contribution in [2.45, 2.75) is 20.0 Å². The van der Waals surface area contributed by atoms with Gasteiger partial charge in [-0.3, -0.25) is 4.79 Å². The van der Waals surface area contributed by atoms with Gasteiger partial charge >= 0.3 is 0 Å². The number of guanidine groups is 1. The molecule has 2 aromatic carbocycles. The van der Waals surface area contributed by atoms with Gasteiger partial charge in [0.15, 0.2) is 17.5 Å². The number of benzene rings is 2. The van der Waals surface area contributed by atoms with Crippen LogP contribution in [0.2, 0.25) is 0 Å². The third-order valence-corrected chi connectivity index (χ3v) is 4.10. The van der Waals surface area contributed by atoms with Crippen molar-refractivity contribution >= 4 is 11.9 Å². The van der Waals surface area contributed by atoms with Gasteiger partial charge in [0.1, 0.15) is 11.9 Å². The average Bonchev–Trinajstić information content (AvgIpc) is 2.75. The van der Waals surface area contributed by atoms with Crippen molar-refractivity contribution in [3.63, 3.8) is 0 Å². The number of aliphatic imine (C=N–C) groups is 1. The molecule has 0 aromatic heterocycles. The molecule has 1 atom stereocenters. The number of ether oxygens (including phenoxy) is 2. The van der Waals surface area contributed by atoms with Crippen molar-refractivity contribution in [2.75, 3.05) is 33.3 Å². The number of hydrogen-bond donors (Lipinski definition) is 4. The Morgan fingerprint density at radius 3 is 2.40 bits per heavy atom. The molecular weight excluding hydrogens is 384 g/mol. The van der Waals surface area contributed by atoms with Gasteiger partial charge in [0, 0.05) is 19.6 Å². The van der Waals surface area contributed by atoms with Crippen LogP contribution in [0.15, 0.2) is 53.5 Å². The maximum atomic E-state index is 12.1. The fourth-order valence-electron chi connectivity index (χ4n) is 2.65. The Morgan fingerprint density at radius 2 is 1.70 bits per heavy atom. The number of aromatic hydroxyl groups is 1. The maximum absolute atomic E-state index is 12.1. The molecule has 0 saturated heterocycles. The van der Waals surface area contributed by atoms with Crippen LogP contribution in [0.25, 0.3) is 0 Å². The van der Waals surface area contributed by atoms with Crippen molar-refractivity contribution in [3.05, 3.63) is 54.1 Å². The van der Waals surface area contributed by atoms with Gasteiger partial charge in [0.05, 0.1) is 19.2 Å². The highest BCUT2D eigenvalue weighted by Crippen LogP contribution is 2.26. The monoisotopic (exact) mass is 414 g/mol. The Bertz CT molecular complexity index is 841. The third-order valence-electron chi connectivity index (χ3n) is 4.10. The molecule has 8 nitrogen and oxygen atoms in total. The number of rotatable bonds is 10. The summed E-state index contributed by atoms with van der Waals surface area (Å²) in [6.45, 7) is 5.92. The molecule has 162 valence electrons. The molecule has 2 rings (SSSR count). The Hall–Kier alpha value is -3.42. The summed E-state index contributed by atoms with van der Waals surface area (Å²) in [5.41, 5.74) is 0.250. The van der Waals surface area contributed by atoms with Crippen molar-refractivity contribution in [2.24, 2.45) is 4.99 Å². The molecule has 0 saturated carbocycles. The highest BCUT2D eigenvalue weighted by atomic mass is 16.5. The van der Waals surface area contributed by atoms with Gasteiger partial charge in [-0.15, -0.1) is 0 Å². The van der Waals surface area contributed by atoms with Gasteiger partial charge in [-0.1, -0.05) is 24.3 Å². The number of para-hydroxylation sites is 3. The minimum Gasteiger partial charge on any atom is -0.507 e. The largest absolute Gasteiger partial charge is 0.507 e. The summed E-state index contributed by atoms with van der Waals surface area (Å²) in [4.78, 5) is 16.6. The summed E-state index contributed by atoms with van der Waals surface area (Å²) < 4.78 is 11.2. The smallest absolute Gasteiger partial charge is 0.255 e. The molecule has 0 spiro atoms. The predicted octanol–water partition coefficient (Wildman–Crippen LogP) is 2.15. The summed E-state index contributed by atoms with van der Waals surface area (Å²) in [7, 11) is 1.61. The van der Waals surface area contributed by atoms with E-state index in [1.165, 1.54) is 6.07 Å². The number of hydrogen-bond acceptors (Lipinski definition) is 5. The summed E-state index contributed by atoms with van der Waals surface area (Å²) in [5.74, 6) is 1.62. The zero-order chi connectivity index (χ0) is 21.8. The topological polar surface area (TPSA) is 104 Å². The highest BCUT2D eigenvalue weighted by Gasteiger charge is 2.10. The lowest BCUT2D eigenvalue weighted by molar-refractivity contribution is 0.0951. The van der Waals surface area contributed by atoms with E-state index in [0.29, 0.717) is 43.6 Å². The van der Waals surface area contributed by atoms with Crippen LogP contribution in [0.5, 0.6) is 17.2 Å².